The van der Waals surface area contributed by atoms with Crippen LogP contribution in [-0.2, 0) is 6.42 Å². The monoisotopic (exact) mass is 243 g/mol. The van der Waals surface area contributed by atoms with Gasteiger partial charge in [-0.1, -0.05) is 6.07 Å². The Hall–Kier alpha value is -2.43. The largest absolute Gasteiger partial charge is 0.495 e. The summed E-state index contributed by atoms with van der Waals surface area (Å²) in [5, 5.41) is 0. The molecule has 2 heterocycles. The zero-order valence-electron chi connectivity index (χ0n) is 9.96. The van der Waals surface area contributed by atoms with Crippen LogP contribution in [0.3, 0.4) is 0 Å². The summed E-state index contributed by atoms with van der Waals surface area (Å²) >= 11 is 0. The van der Waals surface area contributed by atoms with E-state index in [1.54, 1.807) is 25.6 Å². The summed E-state index contributed by atoms with van der Waals surface area (Å²) in [4.78, 5) is 19.5. The molecule has 0 unspecified atom stereocenters. The summed E-state index contributed by atoms with van der Waals surface area (Å²) in [5.41, 5.74) is 7.15. The summed E-state index contributed by atoms with van der Waals surface area (Å²) < 4.78 is 5.03. The smallest absolute Gasteiger partial charge is 0.267 e. The van der Waals surface area contributed by atoms with Gasteiger partial charge in [-0.15, -0.1) is 0 Å². The first-order chi connectivity index (χ1) is 8.70. The first kappa shape index (κ1) is 12.0. The quantitative estimate of drug-likeness (QED) is 0.874. The Labute approximate surface area is 105 Å². The van der Waals surface area contributed by atoms with Crippen LogP contribution < -0.4 is 10.5 Å². The number of nitrogens with zero attached hydrogens (tertiary/aromatic N) is 2. The molecule has 1 amide bonds. The second kappa shape index (κ2) is 5.27. The van der Waals surface area contributed by atoms with Crippen LogP contribution in [0, 0.1) is 0 Å². The molecule has 0 bridgehead atoms. The van der Waals surface area contributed by atoms with Gasteiger partial charge in [0.1, 0.15) is 11.4 Å². The minimum atomic E-state index is -0.529. The van der Waals surface area contributed by atoms with E-state index in [-0.39, 0.29) is 5.69 Å². The van der Waals surface area contributed by atoms with Crippen molar-refractivity contribution < 1.29 is 9.53 Å². The van der Waals surface area contributed by atoms with E-state index in [1.165, 1.54) is 0 Å². The van der Waals surface area contributed by atoms with Crippen LogP contribution in [0.5, 0.6) is 5.75 Å². The molecule has 2 rings (SSSR count). The van der Waals surface area contributed by atoms with E-state index in [2.05, 4.69) is 9.97 Å². The third kappa shape index (κ3) is 2.63. The molecule has 18 heavy (non-hydrogen) atoms. The van der Waals surface area contributed by atoms with E-state index >= 15 is 0 Å². The summed E-state index contributed by atoms with van der Waals surface area (Å²) in [6, 6.07) is 7.25. The lowest BCUT2D eigenvalue weighted by Crippen LogP contribution is -2.16. The van der Waals surface area contributed by atoms with Crippen molar-refractivity contribution in [2.45, 2.75) is 6.42 Å². The number of nitrogens with two attached hydrogens (primary N) is 1. The molecular weight excluding hydrogens is 230 g/mol. The Morgan fingerprint density at radius 3 is 2.78 bits per heavy atom. The highest BCUT2D eigenvalue weighted by molar-refractivity contribution is 5.92. The predicted octanol–water partition coefficient (Wildman–Crippen LogP) is 1.17. The lowest BCUT2D eigenvalue weighted by molar-refractivity contribution is 0.0994. The van der Waals surface area contributed by atoms with Crippen molar-refractivity contribution in [3.05, 3.63) is 53.6 Å². The Balaban J connectivity index is 2.25. The van der Waals surface area contributed by atoms with Crippen LogP contribution in [0.2, 0.25) is 0 Å². The third-order valence-electron chi connectivity index (χ3n) is 2.53. The van der Waals surface area contributed by atoms with Gasteiger partial charge in [0.05, 0.1) is 13.3 Å². The molecule has 0 aliphatic rings. The van der Waals surface area contributed by atoms with Crippen molar-refractivity contribution in [3.8, 4) is 5.75 Å². The number of methoxy groups -OCH3 is 1. The van der Waals surface area contributed by atoms with E-state index < -0.39 is 5.91 Å². The topological polar surface area (TPSA) is 78.1 Å². The second-order valence-corrected chi connectivity index (χ2v) is 3.74. The maximum Gasteiger partial charge on any atom is 0.267 e. The maximum atomic E-state index is 11.2. The van der Waals surface area contributed by atoms with Gasteiger partial charge >= 0.3 is 0 Å². The molecule has 0 atom stereocenters. The summed E-state index contributed by atoms with van der Waals surface area (Å²) in [7, 11) is 1.59. The SMILES string of the molecule is COc1ccc(Cc2cccnc2C(N)=O)nc1. The summed E-state index contributed by atoms with van der Waals surface area (Å²) in [5.74, 6) is 0.166. The van der Waals surface area contributed by atoms with E-state index in [4.69, 9.17) is 10.5 Å². The third-order valence-corrected chi connectivity index (χ3v) is 2.53. The van der Waals surface area contributed by atoms with Gasteiger partial charge in [-0.2, -0.15) is 0 Å². The van der Waals surface area contributed by atoms with Crippen molar-refractivity contribution >= 4 is 5.91 Å². The minimum absolute atomic E-state index is 0.287. The van der Waals surface area contributed by atoms with Crippen LogP contribution in [0.25, 0.3) is 0 Å². The van der Waals surface area contributed by atoms with Gasteiger partial charge in [-0.25, -0.2) is 0 Å². The van der Waals surface area contributed by atoms with E-state index in [0.29, 0.717) is 12.2 Å². The molecular formula is C13H13N3O2. The van der Waals surface area contributed by atoms with Crippen LogP contribution >= 0.6 is 0 Å². The zero-order chi connectivity index (χ0) is 13.0. The number of rotatable bonds is 4. The Bertz CT molecular complexity index is 552. The number of carbonyl (C=O) groups excluding carboxylic acids is 1. The number of primary amides is 1. The van der Waals surface area contributed by atoms with E-state index in [1.807, 2.05) is 18.2 Å². The Morgan fingerprint density at radius 1 is 1.33 bits per heavy atom. The highest BCUT2D eigenvalue weighted by Gasteiger charge is 2.09. The average molecular weight is 243 g/mol. The first-order valence-corrected chi connectivity index (χ1v) is 5.43. The van der Waals surface area contributed by atoms with Crippen molar-refractivity contribution in [1.82, 2.24) is 9.97 Å². The van der Waals surface area contributed by atoms with Gasteiger partial charge < -0.3 is 10.5 Å². The Kier molecular flexibility index (Phi) is 3.52. The number of amides is 1. The van der Waals surface area contributed by atoms with E-state index in [0.717, 1.165) is 11.3 Å². The fraction of sp³-hybridized carbons (Fsp3) is 0.154. The zero-order valence-corrected chi connectivity index (χ0v) is 9.96. The van der Waals surface area contributed by atoms with Crippen molar-refractivity contribution in [3.63, 3.8) is 0 Å². The maximum absolute atomic E-state index is 11.2. The van der Waals surface area contributed by atoms with Crippen LogP contribution in [0.4, 0.5) is 0 Å². The molecule has 92 valence electrons. The molecule has 0 saturated carbocycles. The number of hydrogen-bond donors (Lipinski definition) is 1. The van der Waals surface area contributed by atoms with Gasteiger partial charge in [-0.3, -0.25) is 14.8 Å². The minimum Gasteiger partial charge on any atom is -0.495 e. The number of hydrogen-bond acceptors (Lipinski definition) is 4. The van der Waals surface area contributed by atoms with Gasteiger partial charge in [0.25, 0.3) is 5.91 Å². The standard InChI is InChI=1S/C13H13N3O2/c1-18-11-5-4-10(16-8-11)7-9-3-2-6-15-12(9)13(14)17/h2-6,8H,7H2,1H3,(H2,14,17). The summed E-state index contributed by atoms with van der Waals surface area (Å²) in [6.07, 6.45) is 3.69. The molecule has 0 spiro atoms. The fourth-order valence-electron chi connectivity index (χ4n) is 1.63. The molecule has 0 fully saturated rings. The number of ether oxygens (including phenoxy) is 1. The number of pyridine rings is 2. The summed E-state index contributed by atoms with van der Waals surface area (Å²) in [6.45, 7) is 0. The van der Waals surface area contributed by atoms with Crippen molar-refractivity contribution in [2.75, 3.05) is 7.11 Å². The highest BCUT2D eigenvalue weighted by atomic mass is 16.5. The average Bonchev–Trinajstić information content (AvgIpc) is 2.40. The van der Waals surface area contributed by atoms with Gasteiger partial charge in [0.2, 0.25) is 0 Å². The molecule has 2 aromatic heterocycles. The lowest BCUT2D eigenvalue weighted by Gasteiger charge is -2.05. The van der Waals surface area contributed by atoms with Gasteiger partial charge in [0, 0.05) is 18.3 Å². The molecule has 2 aromatic rings. The van der Waals surface area contributed by atoms with Crippen molar-refractivity contribution in [2.24, 2.45) is 5.73 Å². The molecule has 2 N–H and O–H groups in total. The molecule has 0 saturated heterocycles. The van der Waals surface area contributed by atoms with Crippen LogP contribution in [0.1, 0.15) is 21.7 Å². The van der Waals surface area contributed by atoms with Crippen molar-refractivity contribution in [1.29, 1.82) is 0 Å². The molecule has 0 aromatic carbocycles. The fourth-order valence-corrected chi connectivity index (χ4v) is 1.63. The predicted molar refractivity (Wildman–Crippen MR) is 66.3 cm³/mol. The molecule has 0 aliphatic heterocycles. The first-order valence-electron chi connectivity index (χ1n) is 5.43. The van der Waals surface area contributed by atoms with Crippen LogP contribution in [-0.4, -0.2) is 23.0 Å². The number of carbonyl (C=O) groups is 1. The van der Waals surface area contributed by atoms with Gasteiger partial charge in [0.15, 0.2) is 0 Å². The van der Waals surface area contributed by atoms with Gasteiger partial charge in [-0.05, 0) is 23.8 Å². The van der Waals surface area contributed by atoms with E-state index in [9.17, 15) is 4.79 Å². The highest BCUT2D eigenvalue weighted by Crippen LogP contribution is 2.13. The lowest BCUT2D eigenvalue weighted by atomic mass is 10.1. The molecule has 0 radical (unpaired) electrons. The second-order valence-electron chi connectivity index (χ2n) is 3.74. The molecule has 5 nitrogen and oxygen atoms in total. The molecule has 0 aliphatic carbocycles. The molecule has 5 heteroatoms. The normalized spacial score (nSPS) is 10.1. The number of aromatic nitrogens is 2. The van der Waals surface area contributed by atoms with Crippen LogP contribution in [0.15, 0.2) is 36.7 Å². The Morgan fingerprint density at radius 2 is 2.17 bits per heavy atom.